The maximum absolute atomic E-state index is 12.3. The summed E-state index contributed by atoms with van der Waals surface area (Å²) in [5, 5.41) is 11.6. The lowest BCUT2D eigenvalue weighted by atomic mass is 10.1. The predicted molar refractivity (Wildman–Crippen MR) is 79.2 cm³/mol. The van der Waals surface area contributed by atoms with Crippen molar-refractivity contribution in [3.8, 4) is 0 Å². The summed E-state index contributed by atoms with van der Waals surface area (Å²) in [6, 6.07) is 1.47. The maximum atomic E-state index is 12.3. The molecule has 2 unspecified atom stereocenters. The third-order valence-corrected chi connectivity index (χ3v) is 3.30. The summed E-state index contributed by atoms with van der Waals surface area (Å²) in [4.78, 5) is 35.3. The normalized spacial score (nSPS) is 13.5. The Kier molecular flexibility index (Phi) is 6.14. The third-order valence-electron chi connectivity index (χ3n) is 3.30. The summed E-state index contributed by atoms with van der Waals surface area (Å²) >= 11 is 0. The zero-order valence-corrected chi connectivity index (χ0v) is 12.6. The van der Waals surface area contributed by atoms with Gasteiger partial charge in [-0.3, -0.25) is 9.59 Å². The van der Waals surface area contributed by atoms with Crippen LogP contribution >= 0.6 is 0 Å². The number of nitrogens with one attached hydrogen (secondary N) is 1. The van der Waals surface area contributed by atoms with Crippen LogP contribution in [-0.2, 0) is 9.59 Å². The van der Waals surface area contributed by atoms with Crippen LogP contribution in [0.1, 0.15) is 44.7 Å². The second-order valence-corrected chi connectivity index (χ2v) is 5.06. The van der Waals surface area contributed by atoms with Crippen LogP contribution in [0, 0.1) is 6.92 Å². The van der Waals surface area contributed by atoms with Crippen molar-refractivity contribution >= 4 is 11.9 Å². The molecule has 0 fully saturated rings. The lowest BCUT2D eigenvalue weighted by molar-refractivity contribution is -0.142. The van der Waals surface area contributed by atoms with Gasteiger partial charge in [-0.15, -0.1) is 0 Å². The van der Waals surface area contributed by atoms with Gasteiger partial charge in [0, 0.05) is 12.3 Å². The van der Waals surface area contributed by atoms with E-state index in [1.54, 1.807) is 19.2 Å². The molecule has 2 atom stereocenters. The van der Waals surface area contributed by atoms with Crippen LogP contribution < -0.4 is 10.9 Å². The van der Waals surface area contributed by atoms with Crippen LogP contribution in [0.2, 0.25) is 0 Å². The van der Waals surface area contributed by atoms with Crippen LogP contribution in [0.25, 0.3) is 0 Å². The highest BCUT2D eigenvalue weighted by Crippen LogP contribution is 2.11. The van der Waals surface area contributed by atoms with Gasteiger partial charge in [0.25, 0.3) is 5.56 Å². The highest BCUT2D eigenvalue weighted by molar-refractivity contribution is 5.85. The molecule has 2 N–H and O–H groups in total. The third kappa shape index (κ3) is 4.44. The van der Waals surface area contributed by atoms with Crippen molar-refractivity contribution in [2.24, 2.45) is 0 Å². The summed E-state index contributed by atoms with van der Waals surface area (Å²) in [5.74, 6) is -1.50. The number of hydrogen-bond donors (Lipinski definition) is 2. The largest absolute Gasteiger partial charge is 0.480 e. The molecule has 1 aromatic rings. The Bertz CT molecular complexity index is 565. The van der Waals surface area contributed by atoms with E-state index in [4.69, 9.17) is 5.11 Å². The number of carboxylic acid groups (broad SMARTS) is 1. The number of aromatic nitrogens is 1. The number of carbonyl (C=O) groups excluding carboxylic acids is 1. The Morgan fingerprint density at radius 1 is 1.33 bits per heavy atom. The first-order chi connectivity index (χ1) is 9.90. The number of carbonyl (C=O) groups is 2. The number of rotatable bonds is 7. The van der Waals surface area contributed by atoms with Crippen LogP contribution in [-0.4, -0.2) is 27.6 Å². The Labute approximate surface area is 123 Å². The number of carboxylic acids is 1. The predicted octanol–water partition coefficient (Wildman–Crippen LogP) is 1.48. The molecule has 21 heavy (non-hydrogen) atoms. The highest BCUT2D eigenvalue weighted by Gasteiger charge is 2.25. The molecule has 0 aliphatic carbocycles. The van der Waals surface area contributed by atoms with Gasteiger partial charge in [0.15, 0.2) is 0 Å². The minimum absolute atomic E-state index is 0.273. The molecule has 0 saturated heterocycles. The van der Waals surface area contributed by atoms with Crippen LogP contribution in [0.5, 0.6) is 0 Å². The first kappa shape index (κ1) is 16.9. The summed E-state index contributed by atoms with van der Waals surface area (Å²) in [5.41, 5.74) is 0.592. The van der Waals surface area contributed by atoms with Crippen LogP contribution in [0.4, 0.5) is 0 Å². The Balaban J connectivity index is 2.98. The molecule has 6 nitrogen and oxygen atoms in total. The average molecular weight is 294 g/mol. The highest BCUT2D eigenvalue weighted by atomic mass is 16.4. The summed E-state index contributed by atoms with van der Waals surface area (Å²) < 4.78 is 1.36. The molecular weight excluding hydrogens is 272 g/mol. The standard InChI is InChI=1S/C15H22N2O4/c1-4-6-11(15(20)21)16-14(19)12(5-2)17-9-10(3)7-8-13(17)18/h7-9,11-12H,4-6H2,1-3H3,(H,16,19)(H,20,21). The number of hydrogen-bond acceptors (Lipinski definition) is 3. The zero-order chi connectivity index (χ0) is 16.0. The molecular formula is C15H22N2O4. The summed E-state index contributed by atoms with van der Waals surface area (Å²) in [6.07, 6.45) is 3.04. The van der Waals surface area contributed by atoms with Gasteiger partial charge < -0.3 is 15.0 Å². The van der Waals surface area contributed by atoms with Crippen molar-refractivity contribution in [2.75, 3.05) is 0 Å². The van der Waals surface area contributed by atoms with E-state index in [1.165, 1.54) is 10.6 Å². The number of pyridine rings is 1. The number of aryl methyl sites for hydroxylation is 1. The molecule has 0 spiro atoms. The molecule has 0 saturated carbocycles. The van der Waals surface area contributed by atoms with Crippen LogP contribution in [0.3, 0.4) is 0 Å². The van der Waals surface area contributed by atoms with Gasteiger partial charge >= 0.3 is 5.97 Å². The summed E-state index contributed by atoms with van der Waals surface area (Å²) in [7, 11) is 0. The van der Waals surface area contributed by atoms with Crippen molar-refractivity contribution in [1.82, 2.24) is 9.88 Å². The van der Waals surface area contributed by atoms with Crippen molar-refractivity contribution in [1.29, 1.82) is 0 Å². The second kappa shape index (κ2) is 7.61. The number of amides is 1. The molecule has 1 heterocycles. The lowest BCUT2D eigenvalue weighted by Crippen LogP contribution is -2.45. The molecule has 0 aliphatic rings. The molecule has 1 amide bonds. The van der Waals surface area contributed by atoms with E-state index in [2.05, 4.69) is 5.32 Å². The minimum atomic E-state index is -1.06. The molecule has 0 bridgehead atoms. The molecule has 0 aromatic carbocycles. The van der Waals surface area contributed by atoms with E-state index < -0.39 is 24.0 Å². The smallest absolute Gasteiger partial charge is 0.326 e. The fourth-order valence-corrected chi connectivity index (χ4v) is 2.18. The van der Waals surface area contributed by atoms with E-state index in [0.717, 1.165) is 5.56 Å². The van der Waals surface area contributed by atoms with Crippen molar-refractivity contribution in [2.45, 2.75) is 52.1 Å². The van der Waals surface area contributed by atoms with Gasteiger partial charge in [0.05, 0.1) is 0 Å². The molecule has 6 heteroatoms. The lowest BCUT2D eigenvalue weighted by Gasteiger charge is -2.21. The van der Waals surface area contributed by atoms with Gasteiger partial charge in [0.1, 0.15) is 12.1 Å². The molecule has 1 rings (SSSR count). The van der Waals surface area contributed by atoms with Gasteiger partial charge in [-0.1, -0.05) is 26.3 Å². The van der Waals surface area contributed by atoms with Gasteiger partial charge in [-0.25, -0.2) is 4.79 Å². The van der Waals surface area contributed by atoms with E-state index in [1.807, 2.05) is 13.8 Å². The van der Waals surface area contributed by atoms with Crippen LogP contribution in [0.15, 0.2) is 23.1 Å². The zero-order valence-electron chi connectivity index (χ0n) is 12.6. The first-order valence-corrected chi connectivity index (χ1v) is 7.12. The second-order valence-electron chi connectivity index (χ2n) is 5.06. The molecule has 0 aliphatic heterocycles. The quantitative estimate of drug-likeness (QED) is 0.797. The average Bonchev–Trinajstić information content (AvgIpc) is 2.42. The molecule has 0 radical (unpaired) electrons. The first-order valence-electron chi connectivity index (χ1n) is 7.12. The SMILES string of the molecule is CCCC(NC(=O)C(CC)n1cc(C)ccc1=O)C(=O)O. The van der Waals surface area contributed by atoms with Gasteiger partial charge in [0.2, 0.25) is 5.91 Å². The van der Waals surface area contributed by atoms with Gasteiger partial charge in [-0.05, 0) is 25.3 Å². The number of nitrogens with zero attached hydrogens (tertiary/aromatic N) is 1. The molecule has 1 aromatic heterocycles. The van der Waals surface area contributed by atoms with E-state index >= 15 is 0 Å². The van der Waals surface area contributed by atoms with Crippen molar-refractivity contribution < 1.29 is 14.7 Å². The van der Waals surface area contributed by atoms with Crippen molar-refractivity contribution in [3.05, 3.63) is 34.2 Å². The van der Waals surface area contributed by atoms with E-state index in [-0.39, 0.29) is 5.56 Å². The number of aliphatic carboxylic acids is 1. The Morgan fingerprint density at radius 3 is 2.52 bits per heavy atom. The Hall–Kier alpha value is -2.11. The Morgan fingerprint density at radius 2 is 2.00 bits per heavy atom. The minimum Gasteiger partial charge on any atom is -0.480 e. The van der Waals surface area contributed by atoms with E-state index in [0.29, 0.717) is 19.3 Å². The topological polar surface area (TPSA) is 88.4 Å². The van der Waals surface area contributed by atoms with E-state index in [9.17, 15) is 14.4 Å². The van der Waals surface area contributed by atoms with Crippen molar-refractivity contribution in [3.63, 3.8) is 0 Å². The maximum Gasteiger partial charge on any atom is 0.326 e. The fourth-order valence-electron chi connectivity index (χ4n) is 2.18. The van der Waals surface area contributed by atoms with Gasteiger partial charge in [-0.2, -0.15) is 0 Å². The fraction of sp³-hybridized carbons (Fsp3) is 0.533. The molecule has 116 valence electrons. The monoisotopic (exact) mass is 294 g/mol. The summed E-state index contributed by atoms with van der Waals surface area (Å²) in [6.45, 7) is 5.47.